The Kier molecular flexibility index (Phi) is 4.40. The fourth-order valence-corrected chi connectivity index (χ4v) is 2.98. The van der Waals surface area contributed by atoms with E-state index in [1.807, 2.05) is 13.1 Å². The Morgan fingerprint density at radius 3 is 2.67 bits per heavy atom. The molecule has 126 valence electrons. The minimum Gasteiger partial charge on any atom is -0.368 e. The summed E-state index contributed by atoms with van der Waals surface area (Å²) in [6.45, 7) is 1.65. The highest BCUT2D eigenvalue weighted by molar-refractivity contribution is 5.68. The molecule has 0 radical (unpaired) electrons. The standard InChI is InChI=1S/C15H17F2N7/c1-23-4-2-10(3-5-23)24-13(14(16)17)11(8-21-24)12-9(6-18)7-20-15(19)22-12/h7-8,10,14H,2-5H2,1H3,(H2,19,20,22). The van der Waals surface area contributed by atoms with Crippen LogP contribution in [0.4, 0.5) is 14.7 Å². The van der Waals surface area contributed by atoms with Crippen LogP contribution in [-0.4, -0.2) is 44.8 Å². The molecule has 9 heteroatoms. The summed E-state index contributed by atoms with van der Waals surface area (Å²) in [6, 6.07) is 1.82. The van der Waals surface area contributed by atoms with Gasteiger partial charge in [0.05, 0.1) is 29.7 Å². The zero-order valence-electron chi connectivity index (χ0n) is 13.2. The van der Waals surface area contributed by atoms with E-state index in [0.717, 1.165) is 25.9 Å². The number of nitrogens with zero attached hydrogens (tertiary/aromatic N) is 6. The maximum Gasteiger partial charge on any atom is 0.280 e. The number of nitriles is 1. The first-order valence-electron chi connectivity index (χ1n) is 7.58. The number of nitrogen functional groups attached to an aromatic ring is 1. The highest BCUT2D eigenvalue weighted by Gasteiger charge is 2.29. The van der Waals surface area contributed by atoms with Crippen molar-refractivity contribution < 1.29 is 8.78 Å². The molecule has 1 aliphatic heterocycles. The number of hydrogen-bond donors (Lipinski definition) is 1. The average molecular weight is 333 g/mol. The van der Waals surface area contributed by atoms with Gasteiger partial charge in [-0.2, -0.15) is 10.4 Å². The van der Waals surface area contributed by atoms with E-state index >= 15 is 0 Å². The Morgan fingerprint density at radius 1 is 1.33 bits per heavy atom. The summed E-state index contributed by atoms with van der Waals surface area (Å²) in [5.41, 5.74) is 5.66. The number of halogens is 2. The lowest BCUT2D eigenvalue weighted by atomic mass is 10.0. The van der Waals surface area contributed by atoms with Crippen molar-refractivity contribution in [2.24, 2.45) is 0 Å². The predicted molar refractivity (Wildman–Crippen MR) is 83.1 cm³/mol. The molecule has 3 rings (SSSR count). The molecule has 24 heavy (non-hydrogen) atoms. The van der Waals surface area contributed by atoms with Crippen molar-refractivity contribution in [2.45, 2.75) is 25.3 Å². The number of aromatic nitrogens is 4. The van der Waals surface area contributed by atoms with Crippen molar-refractivity contribution in [1.82, 2.24) is 24.6 Å². The van der Waals surface area contributed by atoms with Crippen LogP contribution in [0.15, 0.2) is 12.4 Å². The van der Waals surface area contributed by atoms with Crippen LogP contribution in [-0.2, 0) is 0 Å². The van der Waals surface area contributed by atoms with Crippen LogP contribution in [0.2, 0.25) is 0 Å². The number of rotatable bonds is 3. The zero-order chi connectivity index (χ0) is 17.3. The van der Waals surface area contributed by atoms with Gasteiger partial charge < -0.3 is 10.6 Å². The molecule has 7 nitrogen and oxygen atoms in total. The van der Waals surface area contributed by atoms with E-state index < -0.39 is 6.43 Å². The highest BCUT2D eigenvalue weighted by Crippen LogP contribution is 2.35. The third-order valence-electron chi connectivity index (χ3n) is 4.26. The van der Waals surface area contributed by atoms with Gasteiger partial charge in [-0.25, -0.2) is 18.7 Å². The average Bonchev–Trinajstić information content (AvgIpc) is 3.00. The third kappa shape index (κ3) is 2.92. The summed E-state index contributed by atoms with van der Waals surface area (Å²) >= 11 is 0. The molecule has 0 spiro atoms. The molecule has 2 aromatic rings. The summed E-state index contributed by atoms with van der Waals surface area (Å²) in [5.74, 6) is -0.0729. The van der Waals surface area contributed by atoms with E-state index in [4.69, 9.17) is 5.73 Å². The van der Waals surface area contributed by atoms with Crippen LogP contribution in [0.25, 0.3) is 11.3 Å². The van der Waals surface area contributed by atoms with E-state index in [2.05, 4.69) is 20.0 Å². The third-order valence-corrected chi connectivity index (χ3v) is 4.26. The molecule has 0 bridgehead atoms. The van der Waals surface area contributed by atoms with Crippen LogP contribution in [0, 0.1) is 11.3 Å². The molecule has 0 saturated carbocycles. The summed E-state index contributed by atoms with van der Waals surface area (Å²) in [7, 11) is 2.00. The van der Waals surface area contributed by atoms with Gasteiger partial charge in [0.25, 0.3) is 6.43 Å². The maximum absolute atomic E-state index is 13.7. The fraction of sp³-hybridized carbons (Fsp3) is 0.467. The molecule has 0 amide bonds. The van der Waals surface area contributed by atoms with Crippen LogP contribution in [0.5, 0.6) is 0 Å². The summed E-state index contributed by atoms with van der Waals surface area (Å²) in [6.07, 6.45) is 1.33. The molecule has 3 heterocycles. The minimum absolute atomic E-state index is 0.0729. The normalized spacial score (nSPS) is 16.5. The van der Waals surface area contributed by atoms with E-state index in [1.54, 1.807) is 0 Å². The second kappa shape index (κ2) is 6.49. The molecular formula is C15H17F2N7. The van der Waals surface area contributed by atoms with Gasteiger partial charge in [0.2, 0.25) is 5.95 Å². The van der Waals surface area contributed by atoms with Gasteiger partial charge in [-0.1, -0.05) is 0 Å². The molecule has 0 aliphatic carbocycles. The van der Waals surface area contributed by atoms with Crippen molar-refractivity contribution in [2.75, 3.05) is 25.9 Å². The molecule has 2 aromatic heterocycles. The summed E-state index contributed by atoms with van der Waals surface area (Å²) in [5, 5.41) is 13.4. The quantitative estimate of drug-likeness (QED) is 0.923. The molecule has 1 aliphatic rings. The Hall–Kier alpha value is -2.60. The van der Waals surface area contributed by atoms with Gasteiger partial charge in [0.1, 0.15) is 11.8 Å². The first-order chi connectivity index (χ1) is 11.5. The van der Waals surface area contributed by atoms with Gasteiger partial charge in [0.15, 0.2) is 0 Å². The van der Waals surface area contributed by atoms with Crippen molar-refractivity contribution >= 4 is 5.95 Å². The number of nitrogens with two attached hydrogens (primary N) is 1. The molecule has 0 unspecified atom stereocenters. The number of likely N-dealkylation sites (tertiary alicyclic amines) is 1. The second-order valence-electron chi connectivity index (χ2n) is 5.83. The summed E-state index contributed by atoms with van der Waals surface area (Å²) in [4.78, 5) is 9.87. The van der Waals surface area contributed by atoms with Crippen LogP contribution >= 0.6 is 0 Å². The molecule has 1 saturated heterocycles. The lowest BCUT2D eigenvalue weighted by Crippen LogP contribution is -2.32. The monoisotopic (exact) mass is 333 g/mol. The molecule has 1 fully saturated rings. The number of piperidine rings is 1. The molecule has 0 atom stereocenters. The fourth-order valence-electron chi connectivity index (χ4n) is 2.98. The van der Waals surface area contributed by atoms with Crippen LogP contribution < -0.4 is 5.73 Å². The number of hydrogen-bond acceptors (Lipinski definition) is 6. The van der Waals surface area contributed by atoms with Crippen molar-refractivity contribution in [3.63, 3.8) is 0 Å². The van der Waals surface area contributed by atoms with Crippen molar-refractivity contribution in [3.8, 4) is 17.3 Å². The smallest absolute Gasteiger partial charge is 0.280 e. The Balaban J connectivity index is 2.08. The lowest BCUT2D eigenvalue weighted by molar-refractivity contribution is 0.128. The van der Waals surface area contributed by atoms with Crippen LogP contribution in [0.1, 0.15) is 36.6 Å². The maximum atomic E-state index is 13.7. The SMILES string of the molecule is CN1CCC(n2ncc(-c3nc(N)ncc3C#N)c2C(F)F)CC1. The van der Waals surface area contributed by atoms with Gasteiger partial charge in [0, 0.05) is 5.56 Å². The van der Waals surface area contributed by atoms with E-state index in [1.165, 1.54) is 17.1 Å². The topological polar surface area (TPSA) is 96.7 Å². The first kappa shape index (κ1) is 16.3. The van der Waals surface area contributed by atoms with Gasteiger partial charge >= 0.3 is 0 Å². The lowest BCUT2D eigenvalue weighted by Gasteiger charge is -2.30. The van der Waals surface area contributed by atoms with Crippen molar-refractivity contribution in [3.05, 3.63) is 23.7 Å². The largest absolute Gasteiger partial charge is 0.368 e. The van der Waals surface area contributed by atoms with Gasteiger partial charge in [-0.3, -0.25) is 4.68 Å². The molecule has 2 N–H and O–H groups in total. The minimum atomic E-state index is -2.73. The number of alkyl halides is 2. The van der Waals surface area contributed by atoms with E-state index in [9.17, 15) is 14.0 Å². The Labute approximate surface area is 137 Å². The van der Waals surface area contributed by atoms with Gasteiger partial charge in [-0.05, 0) is 33.0 Å². The van der Waals surface area contributed by atoms with Gasteiger partial charge in [-0.15, -0.1) is 0 Å². The predicted octanol–water partition coefficient (Wildman–Crippen LogP) is 2.00. The second-order valence-corrected chi connectivity index (χ2v) is 5.83. The Bertz CT molecular complexity index is 773. The van der Waals surface area contributed by atoms with E-state index in [0.29, 0.717) is 0 Å². The molecule has 0 aromatic carbocycles. The highest BCUT2D eigenvalue weighted by atomic mass is 19.3. The first-order valence-corrected chi connectivity index (χ1v) is 7.58. The zero-order valence-corrected chi connectivity index (χ0v) is 13.2. The van der Waals surface area contributed by atoms with Crippen molar-refractivity contribution in [1.29, 1.82) is 5.26 Å². The number of anilines is 1. The van der Waals surface area contributed by atoms with E-state index in [-0.39, 0.29) is 34.5 Å². The molecular weight excluding hydrogens is 316 g/mol. The van der Waals surface area contributed by atoms with Crippen LogP contribution in [0.3, 0.4) is 0 Å². The summed E-state index contributed by atoms with van der Waals surface area (Å²) < 4.78 is 28.9. The Morgan fingerprint density at radius 2 is 2.04 bits per heavy atom.